The molecule has 0 saturated carbocycles. The van der Waals surface area contributed by atoms with E-state index in [2.05, 4.69) is 0 Å². The summed E-state index contributed by atoms with van der Waals surface area (Å²) in [6, 6.07) is 0.0648. The number of nitrogens with zero attached hydrogens (tertiary/aromatic N) is 1. The Labute approximate surface area is 91.6 Å². The first kappa shape index (κ1) is 13.9. The average Bonchev–Trinajstić information content (AvgIpc) is 2.10. The van der Waals surface area contributed by atoms with Crippen molar-refractivity contribution < 1.29 is 14.3 Å². The zero-order chi connectivity index (χ0) is 12.1. The van der Waals surface area contributed by atoms with E-state index < -0.39 is 5.60 Å². The first-order valence-corrected chi connectivity index (χ1v) is 5.23. The van der Waals surface area contributed by atoms with Gasteiger partial charge in [-0.3, -0.25) is 9.59 Å². The molecular weight excluding hydrogens is 194 g/mol. The lowest BCUT2D eigenvalue weighted by Gasteiger charge is -2.25. The summed E-state index contributed by atoms with van der Waals surface area (Å²) in [6.45, 7) is 9.31. The standard InChI is InChI=1S/C11H21NO3/c1-6-9(2)12(8-13)7-10(14)15-11(3,4)5/h8-9H,6-7H2,1-5H3. The number of hydrogen-bond donors (Lipinski definition) is 0. The lowest BCUT2D eigenvalue weighted by atomic mass is 10.2. The maximum absolute atomic E-state index is 11.4. The third-order valence-corrected chi connectivity index (χ3v) is 2.02. The number of amides is 1. The van der Waals surface area contributed by atoms with Crippen LogP contribution in [0, 0.1) is 0 Å². The molecule has 1 unspecified atom stereocenters. The molecule has 0 N–H and O–H groups in total. The fraction of sp³-hybridized carbons (Fsp3) is 0.818. The number of carbonyl (C=O) groups excluding carboxylic acids is 2. The first-order valence-electron chi connectivity index (χ1n) is 5.23. The van der Waals surface area contributed by atoms with Crippen LogP contribution < -0.4 is 0 Å². The van der Waals surface area contributed by atoms with Crippen LogP contribution >= 0.6 is 0 Å². The Hall–Kier alpha value is -1.06. The van der Waals surface area contributed by atoms with E-state index in [1.165, 1.54) is 4.90 Å². The van der Waals surface area contributed by atoms with E-state index in [0.29, 0.717) is 6.41 Å². The molecule has 0 aliphatic heterocycles. The summed E-state index contributed by atoms with van der Waals surface area (Å²) >= 11 is 0. The highest BCUT2D eigenvalue weighted by Gasteiger charge is 2.20. The van der Waals surface area contributed by atoms with E-state index in [1.54, 1.807) is 20.8 Å². The van der Waals surface area contributed by atoms with Gasteiger partial charge in [-0.15, -0.1) is 0 Å². The van der Waals surface area contributed by atoms with Crippen LogP contribution in [0.4, 0.5) is 0 Å². The van der Waals surface area contributed by atoms with Gasteiger partial charge in [0, 0.05) is 6.04 Å². The van der Waals surface area contributed by atoms with Gasteiger partial charge in [0.25, 0.3) is 0 Å². The Morgan fingerprint density at radius 2 is 2.00 bits per heavy atom. The summed E-state index contributed by atoms with van der Waals surface area (Å²) in [5.41, 5.74) is -0.499. The highest BCUT2D eigenvalue weighted by Crippen LogP contribution is 2.08. The minimum atomic E-state index is -0.499. The second-order valence-electron chi connectivity index (χ2n) is 4.62. The molecule has 0 rings (SSSR count). The van der Waals surface area contributed by atoms with Crippen LogP contribution in [0.5, 0.6) is 0 Å². The molecule has 4 heteroatoms. The molecule has 1 atom stereocenters. The molecule has 0 aromatic rings. The molecule has 1 amide bonds. The van der Waals surface area contributed by atoms with Gasteiger partial charge >= 0.3 is 5.97 Å². The van der Waals surface area contributed by atoms with Crippen molar-refractivity contribution in [3.8, 4) is 0 Å². The molecule has 0 fully saturated rings. The van der Waals surface area contributed by atoms with Gasteiger partial charge in [0.1, 0.15) is 12.1 Å². The Kier molecular flexibility index (Phi) is 5.33. The highest BCUT2D eigenvalue weighted by molar-refractivity contribution is 5.74. The normalized spacial score (nSPS) is 13.1. The van der Waals surface area contributed by atoms with Gasteiger partial charge in [0.05, 0.1) is 0 Å². The maximum atomic E-state index is 11.4. The Balaban J connectivity index is 4.19. The van der Waals surface area contributed by atoms with E-state index in [1.807, 2.05) is 13.8 Å². The quantitative estimate of drug-likeness (QED) is 0.517. The van der Waals surface area contributed by atoms with Crippen LogP contribution in [0.3, 0.4) is 0 Å². The molecule has 0 aromatic heterocycles. The predicted molar refractivity (Wildman–Crippen MR) is 58.4 cm³/mol. The number of esters is 1. The zero-order valence-corrected chi connectivity index (χ0v) is 10.2. The SMILES string of the molecule is CCC(C)N(C=O)CC(=O)OC(C)(C)C. The number of rotatable bonds is 5. The Morgan fingerprint density at radius 3 is 2.33 bits per heavy atom. The van der Waals surface area contributed by atoms with Crippen molar-refractivity contribution >= 4 is 12.4 Å². The van der Waals surface area contributed by atoms with Gasteiger partial charge in [0.15, 0.2) is 0 Å². The fourth-order valence-electron chi connectivity index (χ4n) is 1.05. The van der Waals surface area contributed by atoms with Gasteiger partial charge in [0.2, 0.25) is 6.41 Å². The first-order chi connectivity index (χ1) is 6.80. The van der Waals surface area contributed by atoms with E-state index >= 15 is 0 Å². The molecule has 0 aliphatic carbocycles. The lowest BCUT2D eigenvalue weighted by molar-refractivity contribution is -0.158. The smallest absolute Gasteiger partial charge is 0.326 e. The number of carbonyl (C=O) groups is 2. The summed E-state index contributed by atoms with van der Waals surface area (Å²) in [6.07, 6.45) is 1.51. The minimum absolute atomic E-state index is 0.0236. The van der Waals surface area contributed by atoms with Crippen molar-refractivity contribution in [1.82, 2.24) is 4.90 Å². The van der Waals surface area contributed by atoms with Crippen LogP contribution in [0.15, 0.2) is 0 Å². The summed E-state index contributed by atoms with van der Waals surface area (Å²) in [5, 5.41) is 0. The van der Waals surface area contributed by atoms with E-state index in [0.717, 1.165) is 6.42 Å². The van der Waals surface area contributed by atoms with Crippen molar-refractivity contribution in [3.05, 3.63) is 0 Å². The van der Waals surface area contributed by atoms with Gasteiger partial charge in [-0.1, -0.05) is 6.92 Å². The molecule has 15 heavy (non-hydrogen) atoms. The minimum Gasteiger partial charge on any atom is -0.459 e. The summed E-state index contributed by atoms with van der Waals surface area (Å²) < 4.78 is 5.13. The van der Waals surface area contributed by atoms with Gasteiger partial charge < -0.3 is 9.64 Å². The van der Waals surface area contributed by atoms with E-state index in [4.69, 9.17) is 4.74 Å². The van der Waals surface area contributed by atoms with Crippen LogP contribution in [0.2, 0.25) is 0 Å². The predicted octanol–water partition coefficient (Wildman–Crippen LogP) is 1.58. The van der Waals surface area contributed by atoms with Crippen LogP contribution in [0.1, 0.15) is 41.0 Å². The average molecular weight is 215 g/mol. The van der Waals surface area contributed by atoms with Crippen molar-refractivity contribution in [2.75, 3.05) is 6.54 Å². The molecule has 4 nitrogen and oxygen atoms in total. The molecule has 0 bridgehead atoms. The maximum Gasteiger partial charge on any atom is 0.326 e. The molecule has 0 saturated heterocycles. The van der Waals surface area contributed by atoms with Gasteiger partial charge in [-0.2, -0.15) is 0 Å². The summed E-state index contributed by atoms with van der Waals surface area (Å²) in [5.74, 6) is -0.366. The highest BCUT2D eigenvalue weighted by atomic mass is 16.6. The zero-order valence-electron chi connectivity index (χ0n) is 10.2. The van der Waals surface area contributed by atoms with Crippen molar-refractivity contribution in [2.45, 2.75) is 52.7 Å². The molecule has 0 heterocycles. The number of hydrogen-bond acceptors (Lipinski definition) is 3. The van der Waals surface area contributed by atoms with E-state index in [-0.39, 0.29) is 18.6 Å². The monoisotopic (exact) mass is 215 g/mol. The van der Waals surface area contributed by atoms with Crippen LogP contribution in [-0.4, -0.2) is 35.5 Å². The van der Waals surface area contributed by atoms with Gasteiger partial charge in [-0.05, 0) is 34.1 Å². The Bertz CT molecular complexity index is 220. The molecular formula is C11H21NO3. The molecule has 88 valence electrons. The van der Waals surface area contributed by atoms with Crippen LogP contribution in [-0.2, 0) is 14.3 Å². The second-order valence-corrected chi connectivity index (χ2v) is 4.62. The van der Waals surface area contributed by atoms with Crippen molar-refractivity contribution in [2.24, 2.45) is 0 Å². The third kappa shape index (κ3) is 6.10. The Morgan fingerprint density at radius 1 is 1.47 bits per heavy atom. The van der Waals surface area contributed by atoms with Gasteiger partial charge in [-0.25, -0.2) is 0 Å². The number of ether oxygens (including phenoxy) is 1. The molecule has 0 radical (unpaired) electrons. The largest absolute Gasteiger partial charge is 0.459 e. The molecule has 0 spiro atoms. The van der Waals surface area contributed by atoms with Crippen molar-refractivity contribution in [1.29, 1.82) is 0 Å². The third-order valence-electron chi connectivity index (χ3n) is 2.02. The molecule has 0 aromatic carbocycles. The fourth-order valence-corrected chi connectivity index (χ4v) is 1.05. The lowest BCUT2D eigenvalue weighted by Crippen LogP contribution is -2.38. The van der Waals surface area contributed by atoms with Crippen LogP contribution in [0.25, 0.3) is 0 Å². The molecule has 0 aliphatic rings. The van der Waals surface area contributed by atoms with E-state index in [9.17, 15) is 9.59 Å². The topological polar surface area (TPSA) is 46.6 Å². The summed E-state index contributed by atoms with van der Waals surface area (Å²) in [7, 11) is 0. The van der Waals surface area contributed by atoms with Crippen molar-refractivity contribution in [3.63, 3.8) is 0 Å². The summed E-state index contributed by atoms with van der Waals surface area (Å²) in [4.78, 5) is 23.6. The second kappa shape index (κ2) is 5.73.